The van der Waals surface area contributed by atoms with E-state index in [1.54, 1.807) is 0 Å². The van der Waals surface area contributed by atoms with E-state index in [1.165, 1.54) is 57.8 Å². The Morgan fingerprint density at radius 1 is 0.680 bits per heavy atom. The highest BCUT2D eigenvalue weighted by molar-refractivity contribution is 5.80. The third kappa shape index (κ3) is 20.4. The molecule has 11 nitrogen and oxygen atoms in total. The molecule has 8 N–H and O–H groups in total. The molecule has 292 valence electrons. The molecule has 1 aliphatic heterocycles. The lowest BCUT2D eigenvalue weighted by molar-refractivity contribution is -0.303. The van der Waals surface area contributed by atoms with Gasteiger partial charge in [0.05, 0.1) is 25.4 Å². The van der Waals surface area contributed by atoms with Gasteiger partial charge < -0.3 is 50.5 Å². The fraction of sp³-hybridized carbons (Fsp3) is 0.821. The van der Waals surface area contributed by atoms with Gasteiger partial charge in [0.25, 0.3) is 0 Å². The molecule has 0 spiro atoms. The summed E-state index contributed by atoms with van der Waals surface area (Å²) in [6, 6.07) is -1.20. The monoisotopic (exact) mass is 714 g/mol. The first kappa shape index (κ1) is 46.4. The smallest absolute Gasteiger partial charge is 0.249 e. The van der Waals surface area contributed by atoms with Gasteiger partial charge in [-0.15, -0.1) is 0 Å². The first-order chi connectivity index (χ1) is 24.2. The number of aliphatic hydroxyl groups is 7. The SMILES string of the molecule is CCCCCC/C=C\CCC(O)C(=O)NC(COC1OC(CO)C(O)C(O)C1O)C(O)C(O)CCC/C=C/CC/C=C/CCCCCCCC. The second-order valence-electron chi connectivity index (χ2n) is 13.6. The third-order valence-electron chi connectivity index (χ3n) is 9.15. The number of aliphatic hydroxyl groups excluding tert-OH is 7. The number of amides is 1. The van der Waals surface area contributed by atoms with Gasteiger partial charge in [0.1, 0.15) is 36.6 Å². The molecular weight excluding hydrogens is 642 g/mol. The van der Waals surface area contributed by atoms with Crippen LogP contribution in [-0.4, -0.2) is 110 Å². The normalized spacial score (nSPS) is 23.9. The number of ether oxygens (including phenoxy) is 2. The van der Waals surface area contributed by atoms with Crippen LogP contribution in [0.15, 0.2) is 36.5 Å². The van der Waals surface area contributed by atoms with Crippen LogP contribution in [0, 0.1) is 0 Å². The van der Waals surface area contributed by atoms with Crippen LogP contribution in [0.25, 0.3) is 0 Å². The average Bonchev–Trinajstić information content (AvgIpc) is 3.11. The molecule has 0 bridgehead atoms. The van der Waals surface area contributed by atoms with Crippen LogP contribution < -0.4 is 5.32 Å². The molecule has 1 rings (SSSR count). The van der Waals surface area contributed by atoms with Crippen molar-refractivity contribution in [3.8, 4) is 0 Å². The quantitative estimate of drug-likeness (QED) is 0.0389. The van der Waals surface area contributed by atoms with Crippen molar-refractivity contribution in [2.45, 2.75) is 191 Å². The highest BCUT2D eigenvalue weighted by Crippen LogP contribution is 2.23. The van der Waals surface area contributed by atoms with E-state index in [0.717, 1.165) is 32.1 Å². The van der Waals surface area contributed by atoms with Crippen molar-refractivity contribution in [3.63, 3.8) is 0 Å². The maximum absolute atomic E-state index is 12.9. The summed E-state index contributed by atoms with van der Waals surface area (Å²) < 4.78 is 11.0. The number of carbonyl (C=O) groups is 1. The molecule has 1 fully saturated rings. The summed E-state index contributed by atoms with van der Waals surface area (Å²) in [6.45, 7) is 3.29. The topological polar surface area (TPSA) is 189 Å². The molecule has 1 saturated heterocycles. The highest BCUT2D eigenvalue weighted by Gasteiger charge is 2.44. The largest absolute Gasteiger partial charge is 0.394 e. The van der Waals surface area contributed by atoms with E-state index in [-0.39, 0.29) is 12.8 Å². The van der Waals surface area contributed by atoms with E-state index in [0.29, 0.717) is 19.3 Å². The predicted molar refractivity (Wildman–Crippen MR) is 196 cm³/mol. The van der Waals surface area contributed by atoms with E-state index in [9.17, 15) is 40.5 Å². The van der Waals surface area contributed by atoms with Crippen LogP contribution in [0.1, 0.15) is 136 Å². The zero-order valence-corrected chi connectivity index (χ0v) is 30.9. The summed E-state index contributed by atoms with van der Waals surface area (Å²) in [5, 5.41) is 74.9. The average molecular weight is 714 g/mol. The van der Waals surface area contributed by atoms with Gasteiger partial charge >= 0.3 is 0 Å². The minimum atomic E-state index is -1.67. The van der Waals surface area contributed by atoms with Crippen molar-refractivity contribution < 1.29 is 50.0 Å². The van der Waals surface area contributed by atoms with Crippen LogP contribution in [0.5, 0.6) is 0 Å². The lowest BCUT2D eigenvalue weighted by Crippen LogP contribution is -2.60. The van der Waals surface area contributed by atoms with Crippen molar-refractivity contribution >= 4 is 5.91 Å². The lowest BCUT2D eigenvalue weighted by Gasteiger charge is -2.40. The van der Waals surface area contributed by atoms with Gasteiger partial charge in [0, 0.05) is 0 Å². The summed E-state index contributed by atoms with van der Waals surface area (Å²) >= 11 is 0. The zero-order valence-electron chi connectivity index (χ0n) is 30.9. The number of nitrogens with one attached hydrogen (secondary N) is 1. The van der Waals surface area contributed by atoms with Crippen LogP contribution in [-0.2, 0) is 14.3 Å². The standard InChI is InChI=1S/C39H71NO10/c1-3-5-7-9-11-13-14-15-16-17-18-19-21-22-24-26-31(42)34(44)30(29-49-39-37(47)36(46)35(45)33(28-41)50-39)40-38(48)32(43)27-25-23-20-12-10-8-6-4-2/h15-16,19-21,23,30-37,39,41-47H,3-14,17-18,22,24-29H2,1-2H3,(H,40,48)/b16-15+,21-19+,23-20-. The number of hydrogen-bond donors (Lipinski definition) is 8. The van der Waals surface area contributed by atoms with E-state index in [1.807, 2.05) is 12.2 Å². The molecule has 1 heterocycles. The van der Waals surface area contributed by atoms with Crippen molar-refractivity contribution in [3.05, 3.63) is 36.5 Å². The summed E-state index contributed by atoms with van der Waals surface area (Å²) in [7, 11) is 0. The minimum Gasteiger partial charge on any atom is -0.394 e. The van der Waals surface area contributed by atoms with Gasteiger partial charge in [-0.25, -0.2) is 0 Å². The molecule has 0 saturated carbocycles. The van der Waals surface area contributed by atoms with Crippen molar-refractivity contribution in [1.29, 1.82) is 0 Å². The van der Waals surface area contributed by atoms with Gasteiger partial charge in [-0.1, -0.05) is 102 Å². The summed E-state index contributed by atoms with van der Waals surface area (Å²) in [4.78, 5) is 12.9. The summed E-state index contributed by atoms with van der Waals surface area (Å²) in [5.41, 5.74) is 0. The second kappa shape index (κ2) is 29.9. The number of allylic oxidation sites excluding steroid dienone is 6. The van der Waals surface area contributed by atoms with E-state index in [4.69, 9.17) is 9.47 Å². The summed E-state index contributed by atoms with van der Waals surface area (Å²) in [6.07, 6.45) is 19.5. The number of rotatable bonds is 30. The van der Waals surface area contributed by atoms with Crippen molar-refractivity contribution in [2.24, 2.45) is 0 Å². The van der Waals surface area contributed by atoms with Crippen LogP contribution >= 0.6 is 0 Å². The van der Waals surface area contributed by atoms with Crippen LogP contribution in [0.2, 0.25) is 0 Å². The molecule has 1 aliphatic rings. The van der Waals surface area contributed by atoms with Crippen LogP contribution in [0.3, 0.4) is 0 Å². The Labute approximate surface area is 301 Å². The van der Waals surface area contributed by atoms with Gasteiger partial charge in [-0.3, -0.25) is 4.79 Å². The number of carbonyl (C=O) groups excluding carboxylic acids is 1. The molecule has 1 amide bonds. The molecule has 0 aromatic rings. The first-order valence-electron chi connectivity index (χ1n) is 19.4. The van der Waals surface area contributed by atoms with E-state index in [2.05, 4.69) is 43.5 Å². The Bertz CT molecular complexity index is 913. The van der Waals surface area contributed by atoms with Crippen molar-refractivity contribution in [2.75, 3.05) is 13.2 Å². The Balaban J connectivity index is 2.61. The fourth-order valence-corrected chi connectivity index (χ4v) is 5.81. The van der Waals surface area contributed by atoms with E-state index < -0.39 is 74.2 Å². The minimum absolute atomic E-state index is 0.164. The maximum atomic E-state index is 12.9. The Morgan fingerprint density at radius 2 is 1.20 bits per heavy atom. The fourth-order valence-electron chi connectivity index (χ4n) is 5.81. The molecule has 0 radical (unpaired) electrons. The number of hydrogen-bond acceptors (Lipinski definition) is 10. The third-order valence-corrected chi connectivity index (χ3v) is 9.15. The molecule has 50 heavy (non-hydrogen) atoms. The molecule has 9 atom stereocenters. The van der Waals surface area contributed by atoms with Gasteiger partial charge in [0.15, 0.2) is 6.29 Å². The molecule has 11 heteroatoms. The van der Waals surface area contributed by atoms with Gasteiger partial charge in [-0.2, -0.15) is 0 Å². The zero-order chi connectivity index (χ0) is 37.0. The lowest BCUT2D eigenvalue weighted by atomic mass is 9.99. The van der Waals surface area contributed by atoms with E-state index >= 15 is 0 Å². The molecule has 0 aliphatic carbocycles. The highest BCUT2D eigenvalue weighted by atomic mass is 16.7. The predicted octanol–water partition coefficient (Wildman–Crippen LogP) is 4.49. The van der Waals surface area contributed by atoms with Crippen LogP contribution in [0.4, 0.5) is 0 Å². The second-order valence-corrected chi connectivity index (χ2v) is 13.6. The Hall–Kier alpha value is -1.67. The van der Waals surface area contributed by atoms with Gasteiger partial charge in [-0.05, 0) is 70.6 Å². The maximum Gasteiger partial charge on any atom is 0.249 e. The summed E-state index contributed by atoms with van der Waals surface area (Å²) in [5.74, 6) is -0.751. The van der Waals surface area contributed by atoms with Gasteiger partial charge in [0.2, 0.25) is 5.91 Å². The van der Waals surface area contributed by atoms with Crippen molar-refractivity contribution in [1.82, 2.24) is 5.32 Å². The Kier molecular flexibility index (Phi) is 27.7. The molecule has 9 unspecified atom stereocenters. The Morgan fingerprint density at radius 3 is 1.80 bits per heavy atom. The first-order valence-corrected chi connectivity index (χ1v) is 19.4. The molecule has 0 aromatic heterocycles. The number of unbranched alkanes of at least 4 members (excludes halogenated alkanes) is 12. The molecule has 0 aromatic carbocycles. The molecular formula is C39H71NO10.